The molecule has 0 unspecified atom stereocenters. The van der Waals surface area contributed by atoms with Gasteiger partial charge in [-0.05, 0) is 13.0 Å². The van der Waals surface area contributed by atoms with E-state index in [1.165, 1.54) is 0 Å². The molecule has 0 aliphatic carbocycles. The Bertz CT molecular complexity index is 281. The van der Waals surface area contributed by atoms with Crippen molar-refractivity contribution in [3.8, 4) is 5.75 Å². The normalized spacial score (nSPS) is 10.6. The molecule has 1 rings (SSSR count). The maximum Gasteiger partial charge on any atom is 0.126 e. The van der Waals surface area contributed by atoms with Crippen molar-refractivity contribution < 1.29 is 4.74 Å². The van der Waals surface area contributed by atoms with Gasteiger partial charge < -0.3 is 4.74 Å². The molecule has 0 fully saturated rings. The molecule has 2 heteroatoms. The van der Waals surface area contributed by atoms with Crippen molar-refractivity contribution in [1.29, 1.82) is 0 Å². The van der Waals surface area contributed by atoms with Crippen LogP contribution in [0.5, 0.6) is 5.75 Å². The number of para-hydroxylation sites is 1. The van der Waals surface area contributed by atoms with Crippen LogP contribution in [-0.4, -0.2) is 12.4 Å². The molecular formula is C11H14OS. The van der Waals surface area contributed by atoms with Gasteiger partial charge in [0.15, 0.2) is 0 Å². The zero-order chi connectivity index (χ0) is 9.52. The quantitative estimate of drug-likeness (QED) is 0.725. The van der Waals surface area contributed by atoms with E-state index in [1.807, 2.05) is 43.3 Å². The van der Waals surface area contributed by atoms with Crippen molar-refractivity contribution in [2.24, 2.45) is 0 Å². The maximum atomic E-state index is 5.51. The highest BCUT2D eigenvalue weighted by Crippen LogP contribution is 2.19. The molecule has 0 saturated heterocycles. The van der Waals surface area contributed by atoms with Crippen molar-refractivity contribution in [1.82, 2.24) is 0 Å². The van der Waals surface area contributed by atoms with E-state index in [9.17, 15) is 0 Å². The van der Waals surface area contributed by atoms with Crippen LogP contribution < -0.4 is 4.74 Å². The van der Waals surface area contributed by atoms with E-state index < -0.39 is 0 Å². The monoisotopic (exact) mass is 194 g/mol. The summed E-state index contributed by atoms with van der Waals surface area (Å²) >= 11 is 4.09. The Labute approximate surface area is 84.8 Å². The smallest absolute Gasteiger partial charge is 0.126 e. The summed E-state index contributed by atoms with van der Waals surface area (Å²) in [5.41, 5.74) is 1.12. The third-order valence-corrected chi connectivity index (χ3v) is 1.80. The molecule has 0 bridgehead atoms. The van der Waals surface area contributed by atoms with Crippen molar-refractivity contribution in [3.05, 3.63) is 35.9 Å². The summed E-state index contributed by atoms with van der Waals surface area (Å²) in [6.45, 7) is 2.65. The van der Waals surface area contributed by atoms with Gasteiger partial charge in [0.2, 0.25) is 0 Å². The Morgan fingerprint density at radius 2 is 2.15 bits per heavy atom. The first-order valence-corrected chi connectivity index (χ1v) is 4.97. The number of rotatable bonds is 4. The minimum Gasteiger partial charge on any atom is -0.492 e. The average Bonchev–Trinajstić information content (AvgIpc) is 2.17. The SMILES string of the molecule is CC=Cc1ccccc1OCCS. The topological polar surface area (TPSA) is 9.23 Å². The number of hydrogen-bond acceptors (Lipinski definition) is 2. The van der Waals surface area contributed by atoms with Gasteiger partial charge in [-0.15, -0.1) is 0 Å². The van der Waals surface area contributed by atoms with Crippen LogP contribution in [0.3, 0.4) is 0 Å². The number of thiol groups is 1. The van der Waals surface area contributed by atoms with E-state index in [0.29, 0.717) is 6.61 Å². The molecule has 1 aromatic rings. The van der Waals surface area contributed by atoms with E-state index in [2.05, 4.69) is 12.6 Å². The van der Waals surface area contributed by atoms with Crippen molar-refractivity contribution in [2.45, 2.75) is 6.92 Å². The first-order chi connectivity index (χ1) is 6.38. The van der Waals surface area contributed by atoms with E-state index in [1.54, 1.807) is 0 Å². The van der Waals surface area contributed by atoms with Gasteiger partial charge in [-0.1, -0.05) is 30.4 Å². The Hall–Kier alpha value is -0.890. The lowest BCUT2D eigenvalue weighted by molar-refractivity contribution is 0.343. The standard InChI is InChI=1S/C11H14OS/c1-2-5-10-6-3-4-7-11(10)12-8-9-13/h2-7,13H,8-9H2,1H3. The maximum absolute atomic E-state index is 5.51. The van der Waals surface area contributed by atoms with Gasteiger partial charge >= 0.3 is 0 Å². The second kappa shape index (κ2) is 5.70. The Morgan fingerprint density at radius 1 is 1.38 bits per heavy atom. The lowest BCUT2D eigenvalue weighted by atomic mass is 10.2. The molecule has 0 aliphatic rings. The number of allylic oxidation sites excluding steroid dienone is 1. The van der Waals surface area contributed by atoms with Crippen LogP contribution >= 0.6 is 12.6 Å². The number of benzene rings is 1. The molecule has 13 heavy (non-hydrogen) atoms. The molecule has 1 aromatic carbocycles. The molecule has 0 radical (unpaired) electrons. The minimum absolute atomic E-state index is 0.650. The molecule has 0 aliphatic heterocycles. The third kappa shape index (κ3) is 3.15. The van der Waals surface area contributed by atoms with Gasteiger partial charge in [-0.3, -0.25) is 0 Å². The first-order valence-electron chi connectivity index (χ1n) is 4.34. The molecule has 0 aromatic heterocycles. The fraction of sp³-hybridized carbons (Fsp3) is 0.273. The molecule has 0 N–H and O–H groups in total. The van der Waals surface area contributed by atoms with Crippen LogP contribution in [0.15, 0.2) is 30.3 Å². The Kier molecular flexibility index (Phi) is 4.47. The van der Waals surface area contributed by atoms with Gasteiger partial charge in [-0.25, -0.2) is 0 Å². The van der Waals surface area contributed by atoms with Gasteiger partial charge in [0.1, 0.15) is 5.75 Å². The van der Waals surface area contributed by atoms with Crippen molar-refractivity contribution >= 4 is 18.7 Å². The Balaban J connectivity index is 2.78. The van der Waals surface area contributed by atoms with E-state index >= 15 is 0 Å². The van der Waals surface area contributed by atoms with Gasteiger partial charge in [0.25, 0.3) is 0 Å². The molecule has 1 nitrogen and oxygen atoms in total. The van der Waals surface area contributed by atoms with E-state index in [0.717, 1.165) is 17.1 Å². The molecule has 0 saturated carbocycles. The van der Waals surface area contributed by atoms with Gasteiger partial charge in [-0.2, -0.15) is 12.6 Å². The third-order valence-electron chi connectivity index (χ3n) is 1.61. The van der Waals surface area contributed by atoms with Gasteiger partial charge in [0.05, 0.1) is 6.61 Å². The minimum atomic E-state index is 0.650. The van der Waals surface area contributed by atoms with E-state index in [4.69, 9.17) is 4.74 Å². The molecule has 0 heterocycles. The molecule has 0 atom stereocenters. The van der Waals surface area contributed by atoms with Gasteiger partial charge in [0, 0.05) is 11.3 Å². The van der Waals surface area contributed by atoms with Crippen LogP contribution in [0.4, 0.5) is 0 Å². The van der Waals surface area contributed by atoms with Crippen LogP contribution in [0.2, 0.25) is 0 Å². The van der Waals surface area contributed by atoms with Crippen LogP contribution in [0, 0.1) is 0 Å². The molecular weight excluding hydrogens is 180 g/mol. The molecule has 0 spiro atoms. The fourth-order valence-corrected chi connectivity index (χ4v) is 1.18. The summed E-state index contributed by atoms with van der Waals surface area (Å²) < 4.78 is 5.51. The summed E-state index contributed by atoms with van der Waals surface area (Å²) in [5, 5.41) is 0. The summed E-state index contributed by atoms with van der Waals surface area (Å²) in [6.07, 6.45) is 4.04. The molecule has 70 valence electrons. The van der Waals surface area contributed by atoms with Crippen LogP contribution in [0.1, 0.15) is 12.5 Å². The van der Waals surface area contributed by atoms with Crippen molar-refractivity contribution in [2.75, 3.05) is 12.4 Å². The molecule has 0 amide bonds. The fourth-order valence-electron chi connectivity index (χ4n) is 1.08. The number of ether oxygens (including phenoxy) is 1. The number of hydrogen-bond donors (Lipinski definition) is 1. The average molecular weight is 194 g/mol. The first kappa shape index (κ1) is 10.2. The van der Waals surface area contributed by atoms with Crippen LogP contribution in [0.25, 0.3) is 6.08 Å². The second-order valence-electron chi connectivity index (χ2n) is 2.61. The predicted octanol–water partition coefficient (Wildman–Crippen LogP) is 3.03. The summed E-state index contributed by atoms with van der Waals surface area (Å²) in [6, 6.07) is 7.98. The Morgan fingerprint density at radius 3 is 2.85 bits per heavy atom. The largest absolute Gasteiger partial charge is 0.492 e. The zero-order valence-corrected chi connectivity index (χ0v) is 8.63. The van der Waals surface area contributed by atoms with Crippen molar-refractivity contribution in [3.63, 3.8) is 0 Å². The summed E-state index contributed by atoms with van der Waals surface area (Å²) in [5.74, 6) is 1.67. The highest BCUT2D eigenvalue weighted by Gasteiger charge is 1.97. The summed E-state index contributed by atoms with van der Waals surface area (Å²) in [7, 11) is 0. The van der Waals surface area contributed by atoms with Crippen LogP contribution in [-0.2, 0) is 0 Å². The highest BCUT2D eigenvalue weighted by atomic mass is 32.1. The lowest BCUT2D eigenvalue weighted by Crippen LogP contribution is -1.99. The zero-order valence-electron chi connectivity index (χ0n) is 7.73. The highest BCUT2D eigenvalue weighted by molar-refractivity contribution is 7.80. The lowest BCUT2D eigenvalue weighted by Gasteiger charge is -2.06. The van der Waals surface area contributed by atoms with E-state index in [-0.39, 0.29) is 0 Å². The summed E-state index contributed by atoms with van der Waals surface area (Å²) in [4.78, 5) is 0. The predicted molar refractivity (Wildman–Crippen MR) is 60.5 cm³/mol. The second-order valence-corrected chi connectivity index (χ2v) is 3.06.